The van der Waals surface area contributed by atoms with Gasteiger partial charge in [0.1, 0.15) is 0 Å². The third-order valence-electron chi connectivity index (χ3n) is 3.93. The minimum absolute atomic E-state index is 0. The maximum absolute atomic E-state index is 5.57. The predicted molar refractivity (Wildman–Crippen MR) is 108 cm³/mol. The molecule has 2 rings (SSSR count). The molecular weight excluding hydrogens is 372 g/mol. The van der Waals surface area contributed by atoms with E-state index in [2.05, 4.69) is 21.0 Å². The van der Waals surface area contributed by atoms with Crippen LogP contribution >= 0.6 is 46.2 Å². The molecule has 136 valence electrons. The molecule has 1 atom stereocenters. The first-order valence-corrected chi connectivity index (χ1v) is 11.1. The van der Waals surface area contributed by atoms with E-state index in [4.69, 9.17) is 21.7 Å². The Balaban J connectivity index is 0.00000264. The summed E-state index contributed by atoms with van der Waals surface area (Å²) in [6.07, 6.45) is 6.43. The molecule has 4 nitrogen and oxygen atoms in total. The summed E-state index contributed by atoms with van der Waals surface area (Å²) in [6, 6.07) is 0. The summed E-state index contributed by atoms with van der Waals surface area (Å²) in [5.41, 5.74) is 0. The highest BCUT2D eigenvalue weighted by molar-refractivity contribution is 8.77. The van der Waals surface area contributed by atoms with Crippen molar-refractivity contribution in [2.24, 2.45) is 0 Å². The molecule has 23 heavy (non-hydrogen) atoms. The molecule has 0 aromatic carbocycles. The van der Waals surface area contributed by atoms with E-state index in [1.165, 1.54) is 31.4 Å². The highest BCUT2D eigenvalue weighted by Gasteiger charge is 2.15. The smallest absolute Gasteiger partial charge is 0.256 e. The van der Waals surface area contributed by atoms with Crippen molar-refractivity contribution in [3.63, 3.8) is 0 Å². The van der Waals surface area contributed by atoms with Crippen molar-refractivity contribution < 1.29 is 9.47 Å². The van der Waals surface area contributed by atoms with E-state index in [9.17, 15) is 0 Å². The summed E-state index contributed by atoms with van der Waals surface area (Å²) in [6.45, 7) is 6.34. The number of morpholine rings is 1. The van der Waals surface area contributed by atoms with E-state index >= 15 is 0 Å². The maximum atomic E-state index is 5.57. The van der Waals surface area contributed by atoms with Crippen LogP contribution in [0.25, 0.3) is 0 Å². The van der Waals surface area contributed by atoms with Crippen LogP contribution in [0.1, 0.15) is 32.1 Å². The molecule has 2 aliphatic rings. The quantitative estimate of drug-likeness (QED) is 0.361. The van der Waals surface area contributed by atoms with Gasteiger partial charge in [0.05, 0.1) is 19.8 Å². The number of thiocarbonyl (C=S) groups is 1. The Morgan fingerprint density at radius 2 is 2.09 bits per heavy atom. The Hall–Kier alpha value is 0.600. The van der Waals surface area contributed by atoms with E-state index in [0.29, 0.717) is 5.17 Å². The lowest BCUT2D eigenvalue weighted by Crippen LogP contribution is -2.41. The van der Waals surface area contributed by atoms with Crippen LogP contribution in [0, 0.1) is 0 Å². The molecule has 1 N–H and O–H groups in total. The van der Waals surface area contributed by atoms with E-state index in [1.54, 1.807) is 0 Å². The molecule has 2 aliphatic heterocycles. The molecule has 0 spiro atoms. The van der Waals surface area contributed by atoms with Gasteiger partial charge in [0.2, 0.25) is 0 Å². The second-order valence-corrected chi connectivity index (χ2v) is 8.85. The monoisotopic (exact) mass is 400 g/mol. The molecule has 0 radical (unpaired) electrons. The van der Waals surface area contributed by atoms with Crippen LogP contribution in [-0.4, -0.2) is 67.1 Å². The summed E-state index contributed by atoms with van der Waals surface area (Å²) in [5, 5.41) is 4.64. The van der Waals surface area contributed by atoms with Gasteiger partial charge in [-0.2, -0.15) is 0 Å². The fraction of sp³-hybridized carbons (Fsp3) is 0.933. The summed E-state index contributed by atoms with van der Waals surface area (Å²) in [7, 11) is 4.10. The normalized spacial score (nSPS) is 21.7. The summed E-state index contributed by atoms with van der Waals surface area (Å²) >= 11 is 5.20. The van der Waals surface area contributed by atoms with E-state index in [-0.39, 0.29) is 12.4 Å². The zero-order valence-electron chi connectivity index (χ0n) is 13.7. The largest absolute Gasteiger partial charge is 0.471 e. The molecule has 0 amide bonds. The summed E-state index contributed by atoms with van der Waals surface area (Å²) in [5.74, 6) is 1.34. The molecule has 8 heteroatoms. The topological polar surface area (TPSA) is 33.7 Å². The molecule has 0 unspecified atom stereocenters. The van der Waals surface area contributed by atoms with Crippen molar-refractivity contribution in [1.29, 1.82) is 0 Å². The number of hydrogen-bond donors (Lipinski definition) is 1. The van der Waals surface area contributed by atoms with Gasteiger partial charge < -0.3 is 14.8 Å². The van der Waals surface area contributed by atoms with Crippen LogP contribution in [0.15, 0.2) is 0 Å². The van der Waals surface area contributed by atoms with Crippen molar-refractivity contribution in [1.82, 2.24) is 10.2 Å². The van der Waals surface area contributed by atoms with E-state index in [1.807, 2.05) is 10.8 Å². The Kier molecular flexibility index (Phi) is 13.0. The number of halogens is 1. The molecule has 0 aliphatic carbocycles. The molecule has 2 fully saturated rings. The van der Waals surface area contributed by atoms with Crippen LogP contribution in [0.3, 0.4) is 0 Å². The minimum atomic E-state index is 0. The van der Waals surface area contributed by atoms with Gasteiger partial charge in [-0.1, -0.05) is 34.4 Å². The maximum Gasteiger partial charge on any atom is 0.256 e. The fourth-order valence-corrected chi connectivity index (χ4v) is 5.79. The summed E-state index contributed by atoms with van der Waals surface area (Å²) < 4.78 is 10.9. The van der Waals surface area contributed by atoms with Crippen molar-refractivity contribution in [3.05, 3.63) is 0 Å². The Labute approximate surface area is 160 Å². The van der Waals surface area contributed by atoms with Gasteiger partial charge in [-0.25, -0.2) is 0 Å². The number of nitrogens with one attached hydrogen (secondary N) is 1. The number of hydrogen-bond acceptors (Lipinski definition) is 6. The van der Waals surface area contributed by atoms with Crippen molar-refractivity contribution in [2.45, 2.75) is 37.4 Å². The Bertz CT molecular complexity index is 315. The SMILES string of the molecule is Cl.S=C(NCCN1CCOCC1)OCCCCC[C@@H]1CCSS1. The second kappa shape index (κ2) is 13.8. The molecule has 0 aromatic heterocycles. The average molecular weight is 401 g/mol. The molecule has 0 saturated carbocycles. The van der Waals surface area contributed by atoms with Gasteiger partial charge >= 0.3 is 0 Å². The first-order chi connectivity index (χ1) is 10.8. The van der Waals surface area contributed by atoms with Gasteiger partial charge in [0.25, 0.3) is 5.17 Å². The third-order valence-corrected chi connectivity index (χ3v) is 7.20. The first-order valence-electron chi connectivity index (χ1n) is 8.33. The van der Waals surface area contributed by atoms with Gasteiger partial charge in [-0.05, 0) is 31.5 Å². The number of unbranched alkanes of at least 4 members (excludes halogenated alkanes) is 2. The Morgan fingerprint density at radius 3 is 2.83 bits per heavy atom. The van der Waals surface area contributed by atoms with Crippen LogP contribution in [0.5, 0.6) is 0 Å². The lowest BCUT2D eigenvalue weighted by molar-refractivity contribution is 0.0388. The van der Waals surface area contributed by atoms with E-state index in [0.717, 1.165) is 57.7 Å². The summed E-state index contributed by atoms with van der Waals surface area (Å²) in [4.78, 5) is 2.39. The molecule has 2 saturated heterocycles. The van der Waals surface area contributed by atoms with Crippen LogP contribution in [-0.2, 0) is 9.47 Å². The average Bonchev–Trinajstić information content (AvgIpc) is 3.05. The standard InChI is InChI=1S/C15H28N2O2S3.ClH/c20-15(16-6-7-17-8-11-18-12-9-17)19-10-3-1-2-4-14-5-13-21-22-14;/h14H,1-13H2,(H,16,20);1H/t14-;/m1./s1. The zero-order chi connectivity index (χ0) is 15.5. The van der Waals surface area contributed by atoms with Gasteiger partial charge in [-0.3, -0.25) is 4.90 Å². The lowest BCUT2D eigenvalue weighted by atomic mass is 10.1. The minimum Gasteiger partial charge on any atom is -0.471 e. The molecule has 0 aromatic rings. The van der Waals surface area contributed by atoms with Crippen molar-refractivity contribution >= 4 is 51.4 Å². The lowest BCUT2D eigenvalue weighted by Gasteiger charge is -2.26. The number of nitrogens with zero attached hydrogens (tertiary/aromatic N) is 1. The van der Waals surface area contributed by atoms with Crippen molar-refractivity contribution in [3.8, 4) is 0 Å². The predicted octanol–water partition coefficient (Wildman–Crippen LogP) is 3.35. The highest BCUT2D eigenvalue weighted by atomic mass is 35.5. The van der Waals surface area contributed by atoms with Gasteiger partial charge in [0.15, 0.2) is 0 Å². The van der Waals surface area contributed by atoms with Gasteiger partial charge in [-0.15, -0.1) is 12.4 Å². The first kappa shape index (κ1) is 21.6. The fourth-order valence-electron chi connectivity index (χ4n) is 2.57. The molecule has 0 bridgehead atoms. The van der Waals surface area contributed by atoms with Gasteiger partial charge in [0, 0.05) is 37.2 Å². The van der Waals surface area contributed by atoms with Crippen LogP contribution in [0.4, 0.5) is 0 Å². The zero-order valence-corrected chi connectivity index (χ0v) is 16.9. The molecular formula is C15H29ClN2O2S3. The highest BCUT2D eigenvalue weighted by Crippen LogP contribution is 2.39. The number of rotatable bonds is 9. The number of ether oxygens (including phenoxy) is 2. The Morgan fingerprint density at radius 1 is 1.26 bits per heavy atom. The third kappa shape index (κ3) is 10.2. The van der Waals surface area contributed by atoms with Crippen molar-refractivity contribution in [2.75, 3.05) is 51.8 Å². The van der Waals surface area contributed by atoms with E-state index < -0.39 is 0 Å². The van der Waals surface area contributed by atoms with Crippen LogP contribution in [0.2, 0.25) is 0 Å². The second-order valence-electron chi connectivity index (χ2n) is 5.69. The molecule has 2 heterocycles. The van der Waals surface area contributed by atoms with Crippen LogP contribution < -0.4 is 5.32 Å².